The molecule has 15 heteroatoms. The summed E-state index contributed by atoms with van der Waals surface area (Å²) >= 11 is 6.38. The molecule has 0 bridgehead atoms. The van der Waals surface area contributed by atoms with Crippen molar-refractivity contribution in [3.05, 3.63) is 28.8 Å². The maximum Gasteiger partial charge on any atom is 0.408 e. The number of ether oxygens (including phenoxy) is 3. The summed E-state index contributed by atoms with van der Waals surface area (Å²) < 4.78 is 16.1. The Kier molecular flexibility index (Phi) is 11.1. The number of carbonyl (C=O) groups excluding carboxylic acids is 5. The average Bonchev–Trinajstić information content (AvgIpc) is 3.39. The number of oxime groups is 1. The molecule has 268 valence electrons. The minimum atomic E-state index is -1.11. The Hall–Kier alpha value is -3.91. The topological polar surface area (TPSA) is 174 Å². The molecule has 0 aromatic heterocycles. The zero-order chi connectivity index (χ0) is 35.5. The molecule has 4 aliphatic rings. The van der Waals surface area contributed by atoms with Gasteiger partial charge < -0.3 is 39.9 Å². The van der Waals surface area contributed by atoms with Gasteiger partial charge in [-0.15, -0.1) is 0 Å². The minimum Gasteiger partial charge on any atom is -0.495 e. The highest BCUT2D eigenvalue weighted by molar-refractivity contribution is 6.38. The third-order valence-electron chi connectivity index (χ3n) is 9.19. The molecule has 1 aliphatic carbocycles. The van der Waals surface area contributed by atoms with Crippen LogP contribution in [0.5, 0.6) is 5.75 Å². The van der Waals surface area contributed by atoms with E-state index in [0.717, 1.165) is 12.8 Å². The normalized spacial score (nSPS) is 24.4. The van der Waals surface area contributed by atoms with Gasteiger partial charge in [0, 0.05) is 30.9 Å². The zero-order valence-corrected chi connectivity index (χ0v) is 29.4. The number of Topliss-reactive ketones (excluding diaryl/α,β-unsaturated/α-hetero) is 1. The van der Waals surface area contributed by atoms with Gasteiger partial charge >= 0.3 is 6.09 Å². The van der Waals surface area contributed by atoms with E-state index < -0.39 is 64.8 Å². The lowest BCUT2D eigenvalue weighted by Gasteiger charge is -2.35. The predicted octanol–water partition coefficient (Wildman–Crippen LogP) is 2.88. The number of alkyl carbamates (subject to hydrolysis) is 1. The Morgan fingerprint density at radius 1 is 1.14 bits per heavy atom. The molecule has 3 N–H and O–H groups in total. The third kappa shape index (κ3) is 8.64. The van der Waals surface area contributed by atoms with Gasteiger partial charge in [-0.2, -0.15) is 0 Å². The van der Waals surface area contributed by atoms with Crippen molar-refractivity contribution in [2.45, 2.75) is 109 Å². The van der Waals surface area contributed by atoms with Gasteiger partial charge in [0.25, 0.3) is 5.91 Å². The molecule has 5 atom stereocenters. The molecule has 14 nitrogen and oxygen atoms in total. The number of amides is 4. The van der Waals surface area contributed by atoms with Crippen LogP contribution in [0.2, 0.25) is 5.02 Å². The van der Waals surface area contributed by atoms with Gasteiger partial charge in [-0.25, -0.2) is 4.79 Å². The number of ketones is 1. The summed E-state index contributed by atoms with van der Waals surface area (Å²) in [5, 5.41) is 12.9. The third-order valence-corrected chi connectivity index (χ3v) is 9.49. The van der Waals surface area contributed by atoms with Gasteiger partial charge in [0.1, 0.15) is 23.9 Å². The molecule has 0 radical (unpaired) electrons. The molecule has 49 heavy (non-hydrogen) atoms. The van der Waals surface area contributed by atoms with Crippen LogP contribution < -0.4 is 20.7 Å². The summed E-state index contributed by atoms with van der Waals surface area (Å²) in [5.41, 5.74) is -0.617. The number of rotatable bonds is 12. The van der Waals surface area contributed by atoms with Crippen molar-refractivity contribution in [3.63, 3.8) is 0 Å². The van der Waals surface area contributed by atoms with Gasteiger partial charge in [0.15, 0.2) is 5.60 Å². The van der Waals surface area contributed by atoms with E-state index in [9.17, 15) is 24.0 Å². The van der Waals surface area contributed by atoms with Gasteiger partial charge in [-0.1, -0.05) is 50.9 Å². The zero-order valence-electron chi connectivity index (χ0n) is 28.6. The number of hydrogen-bond donors (Lipinski definition) is 3. The standard InChI is InChI=1S/C34H46ClN5O9/c1-6-7-23(27(41)30(43)36-20-9-10-20)37-29(42)25-16-34(15-24(39-49-34)19-8-11-26(46-5)22(35)14-19)18-40(25)31(44)28(33(2,3)4)38-32(45)48-21-12-13-47-17-21/h8,11,14,20-21,23,25,28H,6-7,9-10,12-13,15-18H2,1-5H3,(H,36,43)(H,37,42)(H,38,45)/t21-,23-,25-,28+,34+/m0/s1. The van der Waals surface area contributed by atoms with E-state index >= 15 is 0 Å². The summed E-state index contributed by atoms with van der Waals surface area (Å²) in [6, 6.07) is 1.91. The van der Waals surface area contributed by atoms with E-state index in [2.05, 4.69) is 21.1 Å². The lowest BCUT2D eigenvalue weighted by atomic mass is 9.85. The average molecular weight is 704 g/mol. The number of hydrogen-bond acceptors (Lipinski definition) is 10. The molecule has 1 spiro atoms. The van der Waals surface area contributed by atoms with Gasteiger partial charge in [-0.3, -0.25) is 19.2 Å². The smallest absolute Gasteiger partial charge is 0.408 e. The molecule has 5 rings (SSSR count). The first-order valence-corrected chi connectivity index (χ1v) is 17.2. The fourth-order valence-corrected chi connectivity index (χ4v) is 6.58. The molecule has 3 fully saturated rings. The number of halogens is 1. The predicted molar refractivity (Wildman–Crippen MR) is 178 cm³/mol. The number of carbonyl (C=O) groups is 5. The van der Waals surface area contributed by atoms with Crippen LogP contribution in [0, 0.1) is 5.41 Å². The second-order valence-corrected chi connectivity index (χ2v) is 14.7. The molecule has 4 amide bonds. The highest BCUT2D eigenvalue weighted by atomic mass is 35.5. The van der Waals surface area contributed by atoms with E-state index in [-0.39, 0.29) is 38.5 Å². The molecule has 3 aliphatic heterocycles. The summed E-state index contributed by atoms with van der Waals surface area (Å²) in [7, 11) is 1.52. The number of nitrogens with zero attached hydrogens (tertiary/aromatic N) is 2. The second kappa shape index (κ2) is 14.9. The largest absolute Gasteiger partial charge is 0.495 e. The summed E-state index contributed by atoms with van der Waals surface area (Å²) in [5.74, 6) is -2.12. The highest BCUT2D eigenvalue weighted by Gasteiger charge is 2.56. The highest BCUT2D eigenvalue weighted by Crippen LogP contribution is 2.40. The summed E-state index contributed by atoms with van der Waals surface area (Å²) in [4.78, 5) is 74.8. The van der Waals surface area contributed by atoms with Crippen molar-refractivity contribution >= 4 is 46.9 Å². The van der Waals surface area contributed by atoms with Crippen molar-refractivity contribution in [1.82, 2.24) is 20.9 Å². The van der Waals surface area contributed by atoms with E-state index in [0.29, 0.717) is 41.5 Å². The van der Waals surface area contributed by atoms with Gasteiger partial charge in [0.05, 0.1) is 43.6 Å². The first-order chi connectivity index (χ1) is 23.2. The van der Waals surface area contributed by atoms with Crippen molar-refractivity contribution in [2.75, 3.05) is 26.9 Å². The Balaban J connectivity index is 1.39. The van der Waals surface area contributed by atoms with Crippen LogP contribution in [0.3, 0.4) is 0 Å². The van der Waals surface area contributed by atoms with E-state index in [1.165, 1.54) is 12.0 Å². The van der Waals surface area contributed by atoms with Gasteiger partial charge in [0.2, 0.25) is 17.6 Å². The number of benzene rings is 1. The van der Waals surface area contributed by atoms with Crippen LogP contribution in [0.4, 0.5) is 4.79 Å². The van der Waals surface area contributed by atoms with E-state index in [4.69, 9.17) is 30.6 Å². The molecular formula is C34H46ClN5O9. The van der Waals surface area contributed by atoms with E-state index in [1.807, 2.05) is 6.92 Å². The first-order valence-electron chi connectivity index (χ1n) is 16.8. The fourth-order valence-electron chi connectivity index (χ4n) is 6.32. The molecule has 1 aromatic rings. The summed E-state index contributed by atoms with van der Waals surface area (Å²) in [6.45, 7) is 7.95. The Bertz CT molecular complexity index is 1490. The summed E-state index contributed by atoms with van der Waals surface area (Å²) in [6.07, 6.45) is 2.03. The Morgan fingerprint density at radius 3 is 2.51 bits per heavy atom. The monoisotopic (exact) mass is 703 g/mol. The molecule has 2 saturated heterocycles. The first kappa shape index (κ1) is 36.4. The lowest BCUT2D eigenvalue weighted by molar-refractivity contribution is -0.144. The molecule has 1 aromatic carbocycles. The molecule has 0 unspecified atom stereocenters. The maximum atomic E-state index is 14.5. The van der Waals surface area contributed by atoms with Crippen LogP contribution in [-0.4, -0.2) is 103 Å². The van der Waals surface area contributed by atoms with Gasteiger partial charge in [-0.05, 0) is 42.9 Å². The number of likely N-dealkylation sites (tertiary alicyclic amines) is 1. The van der Waals surface area contributed by atoms with Crippen LogP contribution in [-0.2, 0) is 33.5 Å². The van der Waals surface area contributed by atoms with Crippen LogP contribution >= 0.6 is 11.6 Å². The fraction of sp³-hybridized carbons (Fsp3) is 0.647. The van der Waals surface area contributed by atoms with Crippen LogP contribution in [0.1, 0.15) is 78.2 Å². The van der Waals surface area contributed by atoms with Crippen LogP contribution in [0.25, 0.3) is 0 Å². The number of methoxy groups -OCH3 is 1. The van der Waals surface area contributed by atoms with Crippen molar-refractivity contribution in [3.8, 4) is 5.75 Å². The molecule has 1 saturated carbocycles. The number of nitrogens with one attached hydrogen (secondary N) is 3. The lowest BCUT2D eigenvalue weighted by Crippen LogP contribution is -2.59. The van der Waals surface area contributed by atoms with Crippen LogP contribution in [0.15, 0.2) is 23.4 Å². The second-order valence-electron chi connectivity index (χ2n) is 14.3. The SMILES string of the molecule is CCC[C@H](NC(=O)[C@@H]1C[C@]2(CC(c3ccc(OC)c(Cl)c3)=NO2)CN1C(=O)[C@@H](NC(=O)O[C@H]1CCOC1)C(C)(C)C)C(=O)C(=O)NC1CC1. The van der Waals surface area contributed by atoms with E-state index in [1.54, 1.807) is 39.0 Å². The Morgan fingerprint density at radius 2 is 1.90 bits per heavy atom. The Labute approximate surface area is 290 Å². The molecular weight excluding hydrogens is 658 g/mol. The quantitative estimate of drug-likeness (QED) is 0.277. The van der Waals surface area contributed by atoms with Crippen molar-refractivity contribution in [2.24, 2.45) is 10.6 Å². The van der Waals surface area contributed by atoms with Crippen molar-refractivity contribution < 1.29 is 43.0 Å². The molecule has 3 heterocycles. The maximum absolute atomic E-state index is 14.5. The van der Waals surface area contributed by atoms with Crippen molar-refractivity contribution in [1.29, 1.82) is 0 Å². The minimum absolute atomic E-state index is 0.0266.